The van der Waals surface area contributed by atoms with Crippen molar-refractivity contribution in [3.05, 3.63) is 80.8 Å². The molecule has 0 radical (unpaired) electrons. The van der Waals surface area contributed by atoms with E-state index in [-0.39, 0.29) is 23.7 Å². The molecule has 3 N–H and O–H groups in total. The molecule has 148 valence electrons. The lowest BCUT2D eigenvalue weighted by molar-refractivity contribution is -0.383. The molecule has 0 bridgehead atoms. The van der Waals surface area contributed by atoms with Gasteiger partial charge in [0.05, 0.1) is 17.0 Å². The first-order valence-corrected chi connectivity index (χ1v) is 9.03. The monoisotopic (exact) mass is 460 g/mol. The van der Waals surface area contributed by atoms with Crippen LogP contribution in [-0.4, -0.2) is 20.8 Å². The summed E-state index contributed by atoms with van der Waals surface area (Å²) in [6, 6.07) is 13.2. The molecule has 0 unspecified atom stereocenters. The van der Waals surface area contributed by atoms with Crippen LogP contribution in [0.2, 0.25) is 0 Å². The molecule has 0 fully saturated rings. The second-order valence-electron chi connectivity index (χ2n) is 5.76. The lowest BCUT2D eigenvalue weighted by atomic mass is 10.1. The summed E-state index contributed by atoms with van der Waals surface area (Å²) in [5, 5.41) is 14.1. The van der Waals surface area contributed by atoms with Crippen LogP contribution in [0.25, 0.3) is 0 Å². The number of hydrogen-bond acceptors (Lipinski definition) is 7. The predicted octanol–water partition coefficient (Wildman–Crippen LogP) is 3.72. The fourth-order valence-electron chi connectivity index (χ4n) is 2.41. The number of nitrogens with zero attached hydrogens (tertiary/aromatic N) is 3. The molecule has 9 nitrogen and oxygen atoms in total. The molecule has 0 saturated heterocycles. The molecule has 1 aromatic heterocycles. The van der Waals surface area contributed by atoms with Gasteiger partial charge < -0.3 is 5.32 Å². The van der Waals surface area contributed by atoms with Gasteiger partial charge in [-0.15, -0.1) is 0 Å². The molecule has 0 aliphatic rings. The number of nitrogens with one attached hydrogen (secondary N) is 3. The summed E-state index contributed by atoms with van der Waals surface area (Å²) in [5.74, 6) is -1.52. The third-order valence-electron chi connectivity index (χ3n) is 3.72. The average Bonchev–Trinajstić information content (AvgIpc) is 2.69. The van der Waals surface area contributed by atoms with Crippen LogP contribution in [0.3, 0.4) is 0 Å². The van der Waals surface area contributed by atoms with Crippen molar-refractivity contribution in [2.24, 2.45) is 0 Å². The minimum absolute atomic E-state index is 0.00550. The normalized spacial score (nSPS) is 10.3. The van der Waals surface area contributed by atoms with Crippen molar-refractivity contribution in [3.8, 4) is 0 Å². The lowest BCUT2D eigenvalue weighted by Gasteiger charge is -2.11. The Balaban J connectivity index is 1.77. The highest BCUT2D eigenvalue weighted by molar-refractivity contribution is 9.10. The molecule has 11 heteroatoms. The van der Waals surface area contributed by atoms with Gasteiger partial charge in [0, 0.05) is 4.47 Å². The maximum atomic E-state index is 14.1. The topological polar surface area (TPSA) is 122 Å². The van der Waals surface area contributed by atoms with Gasteiger partial charge in [-0.2, -0.15) is 0 Å². The Morgan fingerprint density at radius 1 is 1.14 bits per heavy atom. The van der Waals surface area contributed by atoms with Crippen LogP contribution in [0, 0.1) is 15.9 Å². The molecule has 0 spiro atoms. The minimum Gasteiger partial charge on any atom is -0.332 e. The van der Waals surface area contributed by atoms with E-state index in [0.29, 0.717) is 4.47 Å². The van der Waals surface area contributed by atoms with Crippen molar-refractivity contribution < 1.29 is 14.1 Å². The van der Waals surface area contributed by atoms with Crippen molar-refractivity contribution in [3.63, 3.8) is 0 Å². The number of amides is 1. The Labute approximate surface area is 172 Å². The van der Waals surface area contributed by atoms with Crippen molar-refractivity contribution in [2.45, 2.75) is 6.42 Å². The van der Waals surface area contributed by atoms with Gasteiger partial charge in [-0.25, -0.2) is 14.4 Å². The second kappa shape index (κ2) is 9.06. The zero-order valence-electron chi connectivity index (χ0n) is 14.7. The molecular weight excluding hydrogens is 447 g/mol. The number of aromatic nitrogens is 2. The van der Waals surface area contributed by atoms with E-state index >= 15 is 0 Å². The van der Waals surface area contributed by atoms with E-state index in [1.807, 2.05) is 6.07 Å². The van der Waals surface area contributed by atoms with Gasteiger partial charge in [0.2, 0.25) is 17.5 Å². The number of benzene rings is 2. The number of hydrogen-bond donors (Lipinski definition) is 3. The summed E-state index contributed by atoms with van der Waals surface area (Å²) in [4.78, 5) is 30.5. The van der Waals surface area contributed by atoms with Gasteiger partial charge in [0.1, 0.15) is 12.1 Å². The average molecular weight is 461 g/mol. The third-order valence-corrected chi connectivity index (χ3v) is 4.21. The van der Waals surface area contributed by atoms with Gasteiger partial charge >= 0.3 is 5.69 Å². The molecule has 2 aromatic carbocycles. The van der Waals surface area contributed by atoms with Crippen LogP contribution in [0.4, 0.5) is 27.4 Å². The Kier molecular flexibility index (Phi) is 6.29. The number of anilines is 3. The molecular formula is C18H14BrFN6O3. The third kappa shape index (κ3) is 5.23. The number of carbonyl (C=O) groups is 1. The lowest BCUT2D eigenvalue weighted by Crippen LogP contribution is -2.31. The zero-order chi connectivity index (χ0) is 20.8. The number of nitro groups is 1. The molecule has 29 heavy (non-hydrogen) atoms. The van der Waals surface area contributed by atoms with E-state index < -0.39 is 22.3 Å². The molecule has 3 aromatic rings. The van der Waals surface area contributed by atoms with E-state index in [9.17, 15) is 19.3 Å². The van der Waals surface area contributed by atoms with Crippen LogP contribution in [0.15, 0.2) is 59.3 Å². The number of rotatable bonds is 7. The van der Waals surface area contributed by atoms with E-state index in [1.165, 1.54) is 12.1 Å². The molecule has 0 atom stereocenters. The Morgan fingerprint density at radius 3 is 2.55 bits per heavy atom. The number of carbonyl (C=O) groups excluding carboxylic acids is 1. The molecule has 0 aliphatic carbocycles. The Bertz CT molecular complexity index is 1050. The van der Waals surface area contributed by atoms with Crippen molar-refractivity contribution in [2.75, 3.05) is 10.7 Å². The molecule has 1 amide bonds. The zero-order valence-corrected chi connectivity index (χ0v) is 16.3. The summed E-state index contributed by atoms with van der Waals surface area (Å²) in [6.45, 7) is 0. The van der Waals surface area contributed by atoms with Gasteiger partial charge in [0.25, 0.3) is 0 Å². The smallest absolute Gasteiger partial charge is 0.332 e. The van der Waals surface area contributed by atoms with Crippen LogP contribution in [0.5, 0.6) is 0 Å². The Morgan fingerprint density at radius 2 is 1.86 bits per heavy atom. The first kappa shape index (κ1) is 20.1. The minimum atomic E-state index is -0.731. The maximum Gasteiger partial charge on any atom is 0.355 e. The highest BCUT2D eigenvalue weighted by Gasteiger charge is 2.24. The maximum absolute atomic E-state index is 14.1. The fraction of sp³-hybridized carbons (Fsp3) is 0.0556. The van der Waals surface area contributed by atoms with E-state index in [1.54, 1.807) is 30.3 Å². The highest BCUT2D eigenvalue weighted by atomic mass is 79.9. The summed E-state index contributed by atoms with van der Waals surface area (Å²) >= 11 is 3.14. The van der Waals surface area contributed by atoms with Crippen LogP contribution in [-0.2, 0) is 11.2 Å². The van der Waals surface area contributed by atoms with Gasteiger partial charge in [-0.3, -0.25) is 25.8 Å². The summed E-state index contributed by atoms with van der Waals surface area (Å²) in [6.07, 6.45) is 1.12. The fourth-order valence-corrected chi connectivity index (χ4v) is 2.74. The van der Waals surface area contributed by atoms with Crippen LogP contribution in [0.1, 0.15) is 5.56 Å². The molecule has 0 saturated carbocycles. The molecule has 1 heterocycles. The van der Waals surface area contributed by atoms with Crippen molar-refractivity contribution in [1.82, 2.24) is 15.4 Å². The first-order chi connectivity index (χ1) is 13.9. The summed E-state index contributed by atoms with van der Waals surface area (Å²) in [7, 11) is 0. The number of halogens is 2. The van der Waals surface area contributed by atoms with Crippen molar-refractivity contribution in [1.29, 1.82) is 0 Å². The van der Waals surface area contributed by atoms with Gasteiger partial charge in [0.15, 0.2) is 0 Å². The largest absolute Gasteiger partial charge is 0.355 e. The SMILES string of the molecule is O=C(Cc1ccccc1)NNc1ncnc(Nc2ccc(Br)cc2F)c1[N+](=O)[O-]. The summed E-state index contributed by atoms with van der Waals surface area (Å²) in [5.41, 5.74) is 5.01. The standard InChI is InChI=1S/C18H14BrFN6O3/c19-12-6-7-14(13(20)9-12)23-17-16(26(28)29)18(22-10-21-17)25-24-15(27)8-11-4-2-1-3-5-11/h1-7,9-10H,8H2,(H,24,27)(H2,21,22,23,25). The predicted molar refractivity (Wildman–Crippen MR) is 108 cm³/mol. The first-order valence-electron chi connectivity index (χ1n) is 8.24. The Hall–Kier alpha value is -3.60. The van der Waals surface area contributed by atoms with Gasteiger partial charge in [-0.1, -0.05) is 46.3 Å². The number of hydrazine groups is 1. The summed E-state index contributed by atoms with van der Waals surface area (Å²) < 4.78 is 14.6. The van der Waals surface area contributed by atoms with Gasteiger partial charge in [-0.05, 0) is 23.8 Å². The molecule has 3 rings (SSSR count). The van der Waals surface area contributed by atoms with E-state index in [2.05, 4.69) is 42.1 Å². The van der Waals surface area contributed by atoms with E-state index in [0.717, 1.165) is 11.9 Å². The highest BCUT2D eigenvalue weighted by Crippen LogP contribution is 2.32. The molecule has 0 aliphatic heterocycles. The van der Waals surface area contributed by atoms with Crippen LogP contribution < -0.4 is 16.2 Å². The van der Waals surface area contributed by atoms with Crippen molar-refractivity contribution >= 4 is 44.8 Å². The quantitative estimate of drug-likeness (QED) is 0.362. The van der Waals surface area contributed by atoms with Crippen LogP contribution >= 0.6 is 15.9 Å². The second-order valence-corrected chi connectivity index (χ2v) is 6.68. The van der Waals surface area contributed by atoms with E-state index in [4.69, 9.17) is 0 Å².